The SMILES string of the molecule is CC1=C[C@@H](C2=C(O)C(=O)C(C)=CC2=O)[C@H](C(C)C)CC1. The first-order valence-electron chi connectivity index (χ1n) is 7.20. The Morgan fingerprint density at radius 3 is 2.50 bits per heavy atom. The summed E-state index contributed by atoms with van der Waals surface area (Å²) in [5, 5.41) is 10.2. The van der Waals surface area contributed by atoms with Gasteiger partial charge < -0.3 is 5.11 Å². The minimum absolute atomic E-state index is 0.149. The molecular weight excluding hydrogens is 252 g/mol. The van der Waals surface area contributed by atoms with Crippen LogP contribution in [0.3, 0.4) is 0 Å². The average Bonchev–Trinajstić information content (AvgIpc) is 2.36. The molecule has 3 nitrogen and oxygen atoms in total. The van der Waals surface area contributed by atoms with Crippen molar-refractivity contribution in [1.82, 2.24) is 0 Å². The highest BCUT2D eigenvalue weighted by Gasteiger charge is 2.37. The summed E-state index contributed by atoms with van der Waals surface area (Å²) in [5.41, 5.74) is 1.82. The number of aliphatic hydroxyl groups excluding tert-OH is 1. The molecule has 2 aliphatic rings. The first kappa shape index (κ1) is 14.8. The number of hydrogen-bond acceptors (Lipinski definition) is 3. The molecule has 0 aromatic rings. The van der Waals surface area contributed by atoms with Crippen LogP contribution in [0.1, 0.15) is 40.5 Å². The second-order valence-electron chi connectivity index (χ2n) is 6.27. The summed E-state index contributed by atoms with van der Waals surface area (Å²) in [7, 11) is 0. The zero-order valence-corrected chi connectivity index (χ0v) is 12.6. The third-order valence-electron chi connectivity index (χ3n) is 4.43. The van der Waals surface area contributed by atoms with Gasteiger partial charge in [0.25, 0.3) is 0 Å². The molecule has 0 saturated carbocycles. The van der Waals surface area contributed by atoms with E-state index >= 15 is 0 Å². The van der Waals surface area contributed by atoms with Crippen LogP contribution in [-0.2, 0) is 9.59 Å². The van der Waals surface area contributed by atoms with Gasteiger partial charge in [-0.05, 0) is 44.6 Å². The number of rotatable bonds is 2. The Labute approximate surface area is 120 Å². The van der Waals surface area contributed by atoms with E-state index in [9.17, 15) is 14.7 Å². The number of allylic oxidation sites excluding steroid dienone is 5. The predicted molar refractivity (Wildman–Crippen MR) is 78.2 cm³/mol. The molecule has 0 bridgehead atoms. The van der Waals surface area contributed by atoms with Gasteiger partial charge in [0.2, 0.25) is 5.78 Å². The van der Waals surface area contributed by atoms with Gasteiger partial charge in [0.1, 0.15) is 0 Å². The van der Waals surface area contributed by atoms with Gasteiger partial charge in [0, 0.05) is 11.5 Å². The number of carbonyl (C=O) groups excluding carboxylic acids is 2. The Hall–Kier alpha value is -1.64. The molecule has 0 heterocycles. The molecule has 108 valence electrons. The number of carbonyl (C=O) groups is 2. The zero-order chi connectivity index (χ0) is 15.0. The fraction of sp³-hybridized carbons (Fsp3) is 0.529. The number of Topliss-reactive ketones (excluding diaryl/α,β-unsaturated/α-hetero) is 1. The third kappa shape index (κ3) is 2.49. The summed E-state index contributed by atoms with van der Waals surface area (Å²) >= 11 is 0. The maximum atomic E-state index is 12.3. The van der Waals surface area contributed by atoms with E-state index in [1.165, 1.54) is 11.6 Å². The van der Waals surface area contributed by atoms with Crippen LogP contribution in [0.25, 0.3) is 0 Å². The van der Waals surface area contributed by atoms with Crippen molar-refractivity contribution in [3.05, 3.63) is 34.6 Å². The fourth-order valence-corrected chi connectivity index (χ4v) is 3.22. The van der Waals surface area contributed by atoms with Gasteiger partial charge in [-0.15, -0.1) is 0 Å². The van der Waals surface area contributed by atoms with Crippen LogP contribution in [0.4, 0.5) is 0 Å². The quantitative estimate of drug-likeness (QED) is 0.619. The van der Waals surface area contributed by atoms with Crippen LogP contribution in [0.15, 0.2) is 34.6 Å². The number of aliphatic hydroxyl groups is 1. The smallest absolute Gasteiger partial charge is 0.223 e. The molecule has 2 aliphatic carbocycles. The van der Waals surface area contributed by atoms with Crippen molar-refractivity contribution < 1.29 is 14.7 Å². The van der Waals surface area contributed by atoms with Crippen LogP contribution in [0, 0.1) is 17.8 Å². The average molecular weight is 274 g/mol. The molecule has 20 heavy (non-hydrogen) atoms. The lowest BCUT2D eigenvalue weighted by Crippen LogP contribution is -2.30. The predicted octanol–water partition coefficient (Wildman–Crippen LogP) is 3.53. The Morgan fingerprint density at radius 2 is 1.90 bits per heavy atom. The number of ketones is 2. The van der Waals surface area contributed by atoms with Gasteiger partial charge in [-0.2, -0.15) is 0 Å². The molecule has 0 spiro atoms. The van der Waals surface area contributed by atoms with Crippen molar-refractivity contribution >= 4 is 11.6 Å². The highest BCUT2D eigenvalue weighted by Crippen LogP contribution is 2.40. The molecule has 0 aliphatic heterocycles. The van der Waals surface area contributed by atoms with E-state index in [-0.39, 0.29) is 17.5 Å². The molecular formula is C17H22O3. The van der Waals surface area contributed by atoms with Crippen LogP contribution >= 0.6 is 0 Å². The summed E-state index contributed by atoms with van der Waals surface area (Å²) in [6.07, 6.45) is 5.42. The van der Waals surface area contributed by atoms with Crippen molar-refractivity contribution in [2.45, 2.75) is 40.5 Å². The van der Waals surface area contributed by atoms with E-state index in [1.807, 2.05) is 6.92 Å². The molecule has 2 rings (SSSR count). The van der Waals surface area contributed by atoms with Crippen molar-refractivity contribution in [2.75, 3.05) is 0 Å². The zero-order valence-electron chi connectivity index (χ0n) is 12.6. The summed E-state index contributed by atoms with van der Waals surface area (Å²) in [6.45, 7) is 7.85. The molecule has 2 atom stereocenters. The molecule has 0 fully saturated rings. The van der Waals surface area contributed by atoms with E-state index in [0.29, 0.717) is 23.0 Å². The van der Waals surface area contributed by atoms with Crippen molar-refractivity contribution in [3.8, 4) is 0 Å². The highest BCUT2D eigenvalue weighted by molar-refractivity contribution is 6.21. The maximum Gasteiger partial charge on any atom is 0.223 e. The Bertz CT molecular complexity index is 547. The fourth-order valence-electron chi connectivity index (χ4n) is 3.22. The molecule has 0 unspecified atom stereocenters. The lowest BCUT2D eigenvalue weighted by atomic mass is 9.69. The molecule has 0 amide bonds. The van der Waals surface area contributed by atoms with Crippen LogP contribution in [-0.4, -0.2) is 16.7 Å². The van der Waals surface area contributed by atoms with Crippen molar-refractivity contribution in [1.29, 1.82) is 0 Å². The van der Waals surface area contributed by atoms with Gasteiger partial charge in [-0.1, -0.05) is 25.5 Å². The first-order valence-corrected chi connectivity index (χ1v) is 7.20. The monoisotopic (exact) mass is 274 g/mol. The molecule has 1 N–H and O–H groups in total. The molecule has 0 aromatic carbocycles. The summed E-state index contributed by atoms with van der Waals surface area (Å²) in [5.74, 6) is -0.444. The normalized spacial score (nSPS) is 27.9. The van der Waals surface area contributed by atoms with Gasteiger partial charge in [-0.25, -0.2) is 0 Å². The minimum atomic E-state index is -0.418. The second kappa shape index (κ2) is 5.39. The van der Waals surface area contributed by atoms with Crippen molar-refractivity contribution in [2.24, 2.45) is 17.8 Å². The molecule has 0 saturated heterocycles. The third-order valence-corrected chi connectivity index (χ3v) is 4.43. The van der Waals surface area contributed by atoms with E-state index in [1.54, 1.807) is 6.92 Å². The number of hydrogen-bond donors (Lipinski definition) is 1. The van der Waals surface area contributed by atoms with Crippen LogP contribution in [0.2, 0.25) is 0 Å². The molecule has 0 aromatic heterocycles. The summed E-state index contributed by atoms with van der Waals surface area (Å²) < 4.78 is 0. The van der Waals surface area contributed by atoms with Gasteiger partial charge in [0.15, 0.2) is 11.5 Å². The van der Waals surface area contributed by atoms with Crippen LogP contribution in [0.5, 0.6) is 0 Å². The van der Waals surface area contributed by atoms with E-state index in [0.717, 1.165) is 12.8 Å². The topological polar surface area (TPSA) is 54.4 Å². The highest BCUT2D eigenvalue weighted by atomic mass is 16.3. The van der Waals surface area contributed by atoms with Gasteiger partial charge in [0.05, 0.1) is 5.57 Å². The molecule has 0 radical (unpaired) electrons. The Morgan fingerprint density at radius 1 is 1.25 bits per heavy atom. The van der Waals surface area contributed by atoms with Crippen molar-refractivity contribution in [3.63, 3.8) is 0 Å². The van der Waals surface area contributed by atoms with E-state index in [4.69, 9.17) is 0 Å². The van der Waals surface area contributed by atoms with E-state index < -0.39 is 5.78 Å². The van der Waals surface area contributed by atoms with E-state index in [2.05, 4.69) is 19.9 Å². The Kier molecular flexibility index (Phi) is 3.98. The maximum absolute atomic E-state index is 12.3. The Balaban J connectivity index is 2.49. The summed E-state index contributed by atoms with van der Waals surface area (Å²) in [4.78, 5) is 24.2. The van der Waals surface area contributed by atoms with Gasteiger partial charge in [-0.3, -0.25) is 9.59 Å². The first-order chi connectivity index (χ1) is 9.32. The minimum Gasteiger partial charge on any atom is -0.504 e. The standard InChI is InChI=1S/C17H22O3/c1-9(2)12-6-5-10(3)7-13(12)15-14(18)8-11(4)16(19)17(15)20/h7-9,12-13,20H,5-6H2,1-4H3/t12-,13+/m0/s1. The van der Waals surface area contributed by atoms with Crippen LogP contribution < -0.4 is 0 Å². The molecule has 3 heteroatoms. The largest absolute Gasteiger partial charge is 0.504 e. The summed E-state index contributed by atoms with van der Waals surface area (Å²) in [6, 6.07) is 0. The lowest BCUT2D eigenvalue weighted by Gasteiger charge is -2.34. The second-order valence-corrected chi connectivity index (χ2v) is 6.27. The lowest BCUT2D eigenvalue weighted by molar-refractivity contribution is -0.118. The van der Waals surface area contributed by atoms with Gasteiger partial charge >= 0.3 is 0 Å².